The molecular weight excluding hydrogens is 320 g/mol. The first-order valence-electron chi connectivity index (χ1n) is 8.27. The smallest absolute Gasteiger partial charge is 0.251 e. The van der Waals surface area contributed by atoms with E-state index in [-0.39, 0.29) is 5.91 Å². The Kier molecular flexibility index (Phi) is 5.53. The molecule has 0 saturated heterocycles. The zero-order valence-electron chi connectivity index (χ0n) is 13.6. The number of amides is 1. The first-order chi connectivity index (χ1) is 11.6. The number of carbonyl (C=O) groups excluding carboxylic acids is 1. The van der Waals surface area contributed by atoms with E-state index in [1.807, 2.05) is 36.5 Å². The summed E-state index contributed by atoms with van der Waals surface area (Å²) in [7, 11) is 0. The van der Waals surface area contributed by atoms with Crippen LogP contribution in [0.3, 0.4) is 0 Å². The van der Waals surface area contributed by atoms with Crippen molar-refractivity contribution in [3.05, 3.63) is 59.9 Å². The zero-order chi connectivity index (χ0) is 16.8. The van der Waals surface area contributed by atoms with Gasteiger partial charge in [0.25, 0.3) is 5.91 Å². The molecule has 1 aliphatic carbocycles. The predicted molar refractivity (Wildman–Crippen MR) is 96.0 cm³/mol. The van der Waals surface area contributed by atoms with Crippen molar-refractivity contribution in [3.63, 3.8) is 0 Å². The van der Waals surface area contributed by atoms with Gasteiger partial charge in [-0.1, -0.05) is 18.9 Å². The topological polar surface area (TPSA) is 62.2 Å². The third kappa shape index (κ3) is 4.58. The van der Waals surface area contributed by atoms with Gasteiger partial charge in [-0.3, -0.25) is 9.78 Å². The van der Waals surface area contributed by atoms with E-state index in [9.17, 15) is 9.90 Å². The molecule has 3 rings (SSSR count). The largest absolute Gasteiger partial charge is 0.388 e. The molecule has 2 N–H and O–H groups in total. The number of nitrogens with one attached hydrogen (secondary N) is 1. The normalized spacial score (nSPS) is 16.0. The summed E-state index contributed by atoms with van der Waals surface area (Å²) in [5.41, 5.74) is 1.09. The van der Waals surface area contributed by atoms with E-state index in [0.29, 0.717) is 12.1 Å². The molecule has 1 aliphatic rings. The van der Waals surface area contributed by atoms with E-state index in [0.717, 1.165) is 36.3 Å². The fraction of sp³-hybridized carbons (Fsp3) is 0.368. The number of rotatable bonds is 6. The quantitative estimate of drug-likeness (QED) is 0.790. The van der Waals surface area contributed by atoms with Crippen LogP contribution in [0, 0.1) is 0 Å². The number of hydrogen-bond acceptors (Lipinski definition) is 4. The minimum absolute atomic E-state index is 0.126. The molecule has 1 saturated carbocycles. The van der Waals surface area contributed by atoms with Crippen LogP contribution in [0.1, 0.15) is 41.6 Å². The lowest BCUT2D eigenvalue weighted by Crippen LogP contribution is -2.40. The average molecular weight is 342 g/mol. The fourth-order valence-corrected chi connectivity index (χ4v) is 3.74. The van der Waals surface area contributed by atoms with Gasteiger partial charge in [-0.05, 0) is 48.7 Å². The molecule has 24 heavy (non-hydrogen) atoms. The van der Waals surface area contributed by atoms with Crippen molar-refractivity contribution >= 4 is 17.7 Å². The lowest BCUT2D eigenvalue weighted by atomic mass is 10.0. The summed E-state index contributed by atoms with van der Waals surface area (Å²) in [4.78, 5) is 17.4. The first kappa shape index (κ1) is 17.0. The van der Waals surface area contributed by atoms with Crippen LogP contribution in [-0.4, -0.2) is 28.1 Å². The average Bonchev–Trinajstić information content (AvgIpc) is 3.06. The van der Waals surface area contributed by atoms with Gasteiger partial charge in [-0.25, -0.2) is 0 Å². The highest BCUT2D eigenvalue weighted by molar-refractivity contribution is 7.98. The second-order valence-corrected chi connectivity index (χ2v) is 7.34. The summed E-state index contributed by atoms with van der Waals surface area (Å²) < 4.78 is 0. The highest BCUT2D eigenvalue weighted by Gasteiger charge is 2.31. The molecular formula is C19H22N2O2S. The molecule has 0 unspecified atom stereocenters. The molecule has 1 amide bonds. The Balaban J connectivity index is 1.51. The van der Waals surface area contributed by atoms with Gasteiger partial charge in [0.15, 0.2) is 0 Å². The molecule has 0 aliphatic heterocycles. The van der Waals surface area contributed by atoms with E-state index in [1.54, 1.807) is 18.0 Å². The van der Waals surface area contributed by atoms with Crippen LogP contribution in [0.15, 0.2) is 53.7 Å². The number of carbonyl (C=O) groups is 1. The second kappa shape index (κ2) is 7.81. The number of hydrogen-bond donors (Lipinski definition) is 2. The number of pyridine rings is 1. The van der Waals surface area contributed by atoms with E-state index in [1.165, 1.54) is 5.56 Å². The Hall–Kier alpha value is -1.85. The minimum atomic E-state index is -0.713. The van der Waals surface area contributed by atoms with Crippen LogP contribution in [0.2, 0.25) is 0 Å². The summed E-state index contributed by atoms with van der Waals surface area (Å²) >= 11 is 1.72. The lowest BCUT2D eigenvalue weighted by Gasteiger charge is -2.22. The van der Waals surface area contributed by atoms with Crippen molar-refractivity contribution in [2.24, 2.45) is 0 Å². The predicted octanol–water partition coefficient (Wildman–Crippen LogP) is 3.41. The van der Waals surface area contributed by atoms with E-state index < -0.39 is 5.60 Å². The van der Waals surface area contributed by atoms with E-state index >= 15 is 0 Å². The summed E-state index contributed by atoms with van der Waals surface area (Å²) in [6.45, 7) is 0.337. The van der Waals surface area contributed by atoms with Gasteiger partial charge >= 0.3 is 0 Å². The van der Waals surface area contributed by atoms with Crippen LogP contribution in [0.5, 0.6) is 0 Å². The molecule has 1 heterocycles. The summed E-state index contributed by atoms with van der Waals surface area (Å²) in [6.07, 6.45) is 7.26. The number of aliphatic hydroxyl groups is 1. The standard InChI is InChI=1S/C19H22N2O2S/c22-18(21-14-19(23)9-1-2-10-19)16-5-7-17(8-6-16)24-13-15-4-3-11-20-12-15/h3-8,11-12,23H,1-2,9-10,13-14H2,(H,21,22). The minimum Gasteiger partial charge on any atom is -0.388 e. The third-order valence-corrected chi connectivity index (χ3v) is 5.44. The summed E-state index contributed by atoms with van der Waals surface area (Å²) in [6, 6.07) is 11.6. The van der Waals surface area contributed by atoms with Gasteiger partial charge < -0.3 is 10.4 Å². The highest BCUT2D eigenvalue weighted by atomic mass is 32.2. The summed E-state index contributed by atoms with van der Waals surface area (Å²) in [5, 5.41) is 13.1. The van der Waals surface area contributed by atoms with Crippen LogP contribution in [0.25, 0.3) is 0 Å². The van der Waals surface area contributed by atoms with Gasteiger partial charge in [0, 0.05) is 35.2 Å². The highest BCUT2D eigenvalue weighted by Crippen LogP contribution is 2.28. The molecule has 1 aromatic heterocycles. The van der Waals surface area contributed by atoms with Crippen molar-refractivity contribution < 1.29 is 9.90 Å². The Morgan fingerprint density at radius 1 is 1.21 bits per heavy atom. The molecule has 0 spiro atoms. The van der Waals surface area contributed by atoms with Crippen molar-refractivity contribution in [1.82, 2.24) is 10.3 Å². The van der Waals surface area contributed by atoms with Gasteiger partial charge in [-0.2, -0.15) is 0 Å². The molecule has 4 nitrogen and oxygen atoms in total. The molecule has 5 heteroatoms. The Morgan fingerprint density at radius 2 is 1.96 bits per heavy atom. The van der Waals surface area contributed by atoms with Gasteiger partial charge in [0.2, 0.25) is 0 Å². The van der Waals surface area contributed by atoms with Crippen LogP contribution in [0.4, 0.5) is 0 Å². The van der Waals surface area contributed by atoms with Crippen LogP contribution >= 0.6 is 11.8 Å². The van der Waals surface area contributed by atoms with Crippen LogP contribution in [-0.2, 0) is 5.75 Å². The Labute approximate surface area is 146 Å². The maximum absolute atomic E-state index is 12.2. The molecule has 0 bridgehead atoms. The molecule has 1 aromatic carbocycles. The van der Waals surface area contributed by atoms with Gasteiger partial charge in [0.1, 0.15) is 0 Å². The maximum atomic E-state index is 12.2. The SMILES string of the molecule is O=C(NCC1(O)CCCC1)c1ccc(SCc2cccnc2)cc1. The van der Waals surface area contributed by atoms with Crippen LogP contribution < -0.4 is 5.32 Å². The van der Waals surface area contributed by atoms with Crippen molar-refractivity contribution in [3.8, 4) is 0 Å². The molecule has 1 fully saturated rings. The first-order valence-corrected chi connectivity index (χ1v) is 9.26. The Bertz CT molecular complexity index is 668. The monoisotopic (exact) mass is 342 g/mol. The van der Waals surface area contributed by atoms with Crippen molar-refractivity contribution in [2.45, 2.75) is 41.9 Å². The summed E-state index contributed by atoms with van der Waals surface area (Å²) in [5.74, 6) is 0.728. The third-order valence-electron chi connectivity index (χ3n) is 4.36. The number of thioether (sulfide) groups is 1. The number of nitrogens with zero attached hydrogens (tertiary/aromatic N) is 1. The molecule has 0 atom stereocenters. The van der Waals surface area contributed by atoms with Gasteiger partial charge in [0.05, 0.1) is 5.60 Å². The maximum Gasteiger partial charge on any atom is 0.251 e. The number of benzene rings is 1. The Morgan fingerprint density at radius 3 is 2.62 bits per heavy atom. The molecule has 0 radical (unpaired) electrons. The van der Waals surface area contributed by atoms with Crippen molar-refractivity contribution in [1.29, 1.82) is 0 Å². The van der Waals surface area contributed by atoms with Crippen molar-refractivity contribution in [2.75, 3.05) is 6.54 Å². The van der Waals surface area contributed by atoms with Gasteiger partial charge in [-0.15, -0.1) is 11.8 Å². The number of aromatic nitrogens is 1. The second-order valence-electron chi connectivity index (χ2n) is 6.29. The zero-order valence-corrected chi connectivity index (χ0v) is 14.4. The fourth-order valence-electron chi connectivity index (χ4n) is 2.91. The lowest BCUT2D eigenvalue weighted by molar-refractivity contribution is 0.0449. The van der Waals surface area contributed by atoms with E-state index in [4.69, 9.17) is 0 Å². The molecule has 2 aromatic rings. The van der Waals surface area contributed by atoms with E-state index in [2.05, 4.69) is 16.4 Å². The molecule has 126 valence electrons.